The second kappa shape index (κ2) is 6.38. The zero-order valence-electron chi connectivity index (χ0n) is 11.2. The minimum atomic E-state index is -4.26. The Morgan fingerprint density at radius 2 is 1.89 bits per heavy atom. The number of nitrogens with two attached hydrogens (primary N) is 1. The second-order valence-corrected chi connectivity index (χ2v) is 4.84. The first-order chi connectivity index (χ1) is 7.99. The van der Waals surface area contributed by atoms with Crippen molar-refractivity contribution in [1.82, 2.24) is 4.90 Å². The van der Waals surface area contributed by atoms with Gasteiger partial charge in [0.05, 0.1) is 13.7 Å². The number of hydrogen-bond donors (Lipinski definition) is 1. The maximum absolute atomic E-state index is 12.3. The van der Waals surface area contributed by atoms with Crippen LogP contribution in [0.15, 0.2) is 0 Å². The van der Waals surface area contributed by atoms with E-state index >= 15 is 0 Å². The molecule has 1 unspecified atom stereocenters. The summed E-state index contributed by atoms with van der Waals surface area (Å²) in [5.41, 5.74) is 4.43. The highest BCUT2D eigenvalue weighted by Gasteiger charge is 2.34. The number of ether oxygens (including phenoxy) is 1. The largest absolute Gasteiger partial charge is 0.468 e. The molecule has 18 heavy (non-hydrogen) atoms. The van der Waals surface area contributed by atoms with Crippen LogP contribution in [0.5, 0.6) is 0 Å². The molecule has 0 aliphatic heterocycles. The average Bonchev–Trinajstić information content (AvgIpc) is 2.21. The molecule has 0 aromatic carbocycles. The Kier molecular flexibility index (Phi) is 6.09. The Hall–Kier alpha value is -0.820. The summed E-state index contributed by atoms with van der Waals surface area (Å²) in [4.78, 5) is 12.5. The van der Waals surface area contributed by atoms with Crippen molar-refractivity contribution in [1.29, 1.82) is 0 Å². The molecule has 0 saturated heterocycles. The Labute approximate surface area is 105 Å². The van der Waals surface area contributed by atoms with E-state index < -0.39 is 24.2 Å². The second-order valence-electron chi connectivity index (χ2n) is 4.84. The van der Waals surface area contributed by atoms with Gasteiger partial charge in [0.25, 0.3) is 0 Å². The van der Waals surface area contributed by atoms with Crippen LogP contribution in [0.25, 0.3) is 0 Å². The number of halogens is 3. The SMILES string of the molecule is COC(=O)C(C)(N)CCN(CC(F)(F)F)C(C)C. The van der Waals surface area contributed by atoms with E-state index in [1.165, 1.54) is 18.9 Å². The van der Waals surface area contributed by atoms with Crippen LogP contribution < -0.4 is 5.73 Å². The lowest BCUT2D eigenvalue weighted by Crippen LogP contribution is -2.49. The normalized spacial score (nSPS) is 15.9. The molecule has 0 rings (SSSR count). The lowest BCUT2D eigenvalue weighted by Gasteiger charge is -2.30. The van der Waals surface area contributed by atoms with Crippen molar-refractivity contribution in [3.63, 3.8) is 0 Å². The summed E-state index contributed by atoms with van der Waals surface area (Å²) in [5.74, 6) is -0.627. The first-order valence-corrected chi connectivity index (χ1v) is 5.67. The van der Waals surface area contributed by atoms with Crippen molar-refractivity contribution in [2.24, 2.45) is 5.73 Å². The van der Waals surface area contributed by atoms with Crippen molar-refractivity contribution < 1.29 is 22.7 Å². The van der Waals surface area contributed by atoms with Gasteiger partial charge in [0.15, 0.2) is 0 Å². The topological polar surface area (TPSA) is 55.6 Å². The van der Waals surface area contributed by atoms with Crippen molar-refractivity contribution in [3.8, 4) is 0 Å². The Balaban J connectivity index is 4.49. The van der Waals surface area contributed by atoms with Crippen LogP contribution >= 0.6 is 0 Å². The van der Waals surface area contributed by atoms with E-state index in [9.17, 15) is 18.0 Å². The summed E-state index contributed by atoms with van der Waals surface area (Å²) in [6, 6.07) is -0.278. The first kappa shape index (κ1) is 17.2. The zero-order chi connectivity index (χ0) is 14.6. The molecule has 0 heterocycles. The van der Waals surface area contributed by atoms with Gasteiger partial charge in [-0.3, -0.25) is 9.69 Å². The number of carbonyl (C=O) groups excluding carboxylic acids is 1. The van der Waals surface area contributed by atoms with Gasteiger partial charge in [-0.25, -0.2) is 0 Å². The predicted octanol–water partition coefficient (Wildman–Crippen LogP) is 1.54. The molecule has 0 radical (unpaired) electrons. The monoisotopic (exact) mass is 270 g/mol. The van der Waals surface area contributed by atoms with Crippen LogP contribution in [-0.4, -0.2) is 48.8 Å². The van der Waals surface area contributed by atoms with Gasteiger partial charge in [0.1, 0.15) is 5.54 Å². The van der Waals surface area contributed by atoms with Gasteiger partial charge in [-0.05, 0) is 27.2 Å². The third kappa shape index (κ3) is 6.20. The summed E-state index contributed by atoms with van der Waals surface area (Å²) in [5, 5.41) is 0. The first-order valence-electron chi connectivity index (χ1n) is 5.67. The van der Waals surface area contributed by atoms with E-state index in [2.05, 4.69) is 4.74 Å². The Morgan fingerprint density at radius 1 is 1.39 bits per heavy atom. The van der Waals surface area contributed by atoms with Crippen LogP contribution in [0.2, 0.25) is 0 Å². The smallest absolute Gasteiger partial charge is 0.401 e. The average molecular weight is 270 g/mol. The zero-order valence-corrected chi connectivity index (χ0v) is 11.2. The molecular formula is C11H21F3N2O2. The fourth-order valence-electron chi connectivity index (χ4n) is 1.46. The third-order valence-electron chi connectivity index (χ3n) is 2.68. The molecule has 7 heteroatoms. The standard InChI is InChI=1S/C11H21F3N2O2/c1-8(2)16(7-11(12,13)14)6-5-10(3,15)9(17)18-4/h8H,5-7,15H2,1-4H3. The number of rotatable bonds is 6. The van der Waals surface area contributed by atoms with Gasteiger partial charge >= 0.3 is 12.1 Å². The molecule has 0 fully saturated rings. The molecule has 0 aliphatic rings. The molecule has 0 amide bonds. The minimum absolute atomic E-state index is 0.0826. The third-order valence-corrected chi connectivity index (χ3v) is 2.68. The highest BCUT2D eigenvalue weighted by molar-refractivity contribution is 5.79. The summed E-state index contributed by atoms with van der Waals surface area (Å²) >= 11 is 0. The van der Waals surface area contributed by atoms with Crippen LogP contribution in [0.4, 0.5) is 13.2 Å². The molecular weight excluding hydrogens is 249 g/mol. The van der Waals surface area contributed by atoms with Gasteiger partial charge in [-0.1, -0.05) is 0 Å². The van der Waals surface area contributed by atoms with Gasteiger partial charge in [0, 0.05) is 12.6 Å². The molecule has 0 bridgehead atoms. The van der Waals surface area contributed by atoms with E-state index in [4.69, 9.17) is 5.73 Å². The summed E-state index contributed by atoms with van der Waals surface area (Å²) in [7, 11) is 1.20. The maximum atomic E-state index is 12.3. The fraction of sp³-hybridized carbons (Fsp3) is 0.909. The number of carbonyl (C=O) groups is 1. The van der Waals surface area contributed by atoms with Crippen LogP contribution in [0, 0.1) is 0 Å². The summed E-state index contributed by atoms with van der Waals surface area (Å²) in [6.07, 6.45) is -4.16. The van der Waals surface area contributed by atoms with E-state index in [0.29, 0.717) is 0 Å². The van der Waals surface area contributed by atoms with Crippen molar-refractivity contribution >= 4 is 5.97 Å². The van der Waals surface area contributed by atoms with E-state index in [0.717, 1.165) is 0 Å². The van der Waals surface area contributed by atoms with Crippen molar-refractivity contribution in [2.45, 2.75) is 44.9 Å². The fourth-order valence-corrected chi connectivity index (χ4v) is 1.46. The van der Waals surface area contributed by atoms with E-state index in [1.54, 1.807) is 13.8 Å². The van der Waals surface area contributed by atoms with Gasteiger partial charge in [-0.15, -0.1) is 0 Å². The molecule has 2 N–H and O–H groups in total. The lowest BCUT2D eigenvalue weighted by atomic mass is 9.99. The van der Waals surface area contributed by atoms with Crippen LogP contribution in [0.1, 0.15) is 27.2 Å². The van der Waals surface area contributed by atoms with Crippen LogP contribution in [-0.2, 0) is 9.53 Å². The summed E-state index contributed by atoms with van der Waals surface area (Å²) < 4.78 is 41.5. The molecule has 0 aromatic heterocycles. The number of methoxy groups -OCH3 is 1. The van der Waals surface area contributed by atoms with E-state index in [-0.39, 0.29) is 19.0 Å². The highest BCUT2D eigenvalue weighted by atomic mass is 19.4. The summed E-state index contributed by atoms with van der Waals surface area (Å²) in [6.45, 7) is 3.85. The highest BCUT2D eigenvalue weighted by Crippen LogP contribution is 2.19. The van der Waals surface area contributed by atoms with Crippen molar-refractivity contribution in [2.75, 3.05) is 20.2 Å². The number of hydrogen-bond acceptors (Lipinski definition) is 4. The molecule has 1 atom stereocenters. The number of nitrogens with zero attached hydrogens (tertiary/aromatic N) is 1. The Morgan fingerprint density at radius 3 is 2.22 bits per heavy atom. The number of esters is 1. The molecule has 0 aliphatic carbocycles. The van der Waals surface area contributed by atoms with Gasteiger partial charge in [0.2, 0.25) is 0 Å². The molecule has 0 aromatic rings. The molecule has 0 saturated carbocycles. The maximum Gasteiger partial charge on any atom is 0.401 e. The van der Waals surface area contributed by atoms with Gasteiger partial charge < -0.3 is 10.5 Å². The van der Waals surface area contributed by atoms with Gasteiger partial charge in [-0.2, -0.15) is 13.2 Å². The predicted molar refractivity (Wildman–Crippen MR) is 62.0 cm³/mol. The molecule has 4 nitrogen and oxygen atoms in total. The minimum Gasteiger partial charge on any atom is -0.468 e. The quantitative estimate of drug-likeness (QED) is 0.744. The Bertz CT molecular complexity index is 278. The molecule has 0 spiro atoms. The lowest BCUT2D eigenvalue weighted by molar-refractivity contribution is -0.152. The molecule has 108 valence electrons. The van der Waals surface area contributed by atoms with Crippen molar-refractivity contribution in [3.05, 3.63) is 0 Å². The van der Waals surface area contributed by atoms with Crippen LogP contribution in [0.3, 0.4) is 0 Å². The number of alkyl halides is 3. The van der Waals surface area contributed by atoms with E-state index in [1.807, 2.05) is 0 Å².